The number of pyridine rings is 1. The molecule has 7 rings (SSSR count). The van der Waals surface area contributed by atoms with Crippen molar-refractivity contribution in [3.05, 3.63) is 35.7 Å². The Hall–Kier alpha value is -4.48. The molecule has 1 aromatic carbocycles. The van der Waals surface area contributed by atoms with E-state index in [1.54, 1.807) is 6.92 Å². The van der Waals surface area contributed by atoms with E-state index in [1.165, 1.54) is 24.1 Å². The highest BCUT2D eigenvalue weighted by molar-refractivity contribution is 7.91. The van der Waals surface area contributed by atoms with Gasteiger partial charge >= 0.3 is 12.1 Å². The Labute approximate surface area is 365 Å². The summed E-state index contributed by atoms with van der Waals surface area (Å²) in [5.41, 5.74) is -3.56. The van der Waals surface area contributed by atoms with Crippen LogP contribution in [0.25, 0.3) is 10.8 Å². The summed E-state index contributed by atoms with van der Waals surface area (Å²) < 4.78 is 107. The van der Waals surface area contributed by atoms with Crippen LogP contribution in [0.2, 0.25) is 0 Å². The summed E-state index contributed by atoms with van der Waals surface area (Å²) in [4.78, 5) is 63.4. The predicted molar refractivity (Wildman–Crippen MR) is 222 cm³/mol. The fraction of sp³-hybridized carbons (Fsp3) is 0.667. The van der Waals surface area contributed by atoms with Gasteiger partial charge in [-0.05, 0) is 107 Å². The molecule has 1 saturated heterocycles. The molecule has 0 bridgehead atoms. The summed E-state index contributed by atoms with van der Waals surface area (Å²) in [6.07, 6.45) is 0.843. The zero-order chi connectivity index (χ0) is 45.9. The van der Waals surface area contributed by atoms with Crippen molar-refractivity contribution in [2.75, 3.05) is 20.3 Å². The average Bonchev–Trinajstić information content (AvgIpc) is 4.09. The van der Waals surface area contributed by atoms with Crippen molar-refractivity contribution in [3.63, 3.8) is 0 Å². The number of fused-ring (bicyclic) bond motifs is 5. The van der Waals surface area contributed by atoms with Crippen LogP contribution >= 0.6 is 0 Å². The van der Waals surface area contributed by atoms with Crippen LogP contribution in [0, 0.1) is 34.9 Å². The van der Waals surface area contributed by atoms with Gasteiger partial charge in [-0.3, -0.25) is 23.9 Å². The molecule has 2 saturated carbocycles. The van der Waals surface area contributed by atoms with E-state index in [-0.39, 0.29) is 42.8 Å². The van der Waals surface area contributed by atoms with E-state index in [0.717, 1.165) is 19.4 Å². The molecule has 2 aliphatic carbocycles. The lowest BCUT2D eigenvalue weighted by Crippen LogP contribution is -2.49. The number of hydrogen-bond acceptors (Lipinski definition) is 11. The second-order valence-corrected chi connectivity index (χ2v) is 21.2. The second kappa shape index (κ2) is 17.1. The fourth-order valence-corrected chi connectivity index (χ4v) is 10.7. The normalized spacial score (nSPS) is 29.2. The highest BCUT2D eigenvalue weighted by atomic mass is 32.2. The molecule has 1 aromatic heterocycles. The average molecular weight is 908 g/mol. The van der Waals surface area contributed by atoms with Crippen molar-refractivity contribution in [1.82, 2.24) is 14.6 Å². The van der Waals surface area contributed by atoms with Gasteiger partial charge in [0.2, 0.25) is 39.2 Å². The largest absolute Gasteiger partial charge is 0.494 e. The van der Waals surface area contributed by atoms with Gasteiger partial charge in [-0.25, -0.2) is 12.8 Å². The third-order valence-corrected chi connectivity index (χ3v) is 16.1. The number of alkyl halides is 3. The highest BCUT2D eigenvalue weighted by Crippen LogP contribution is 2.58. The molecule has 7 atom stereocenters. The van der Waals surface area contributed by atoms with Crippen LogP contribution in [0.5, 0.6) is 17.5 Å². The molecule has 346 valence electrons. The number of nitrogens with one attached hydrogen (secondary N) is 1. The number of halogens is 4. The van der Waals surface area contributed by atoms with E-state index >= 15 is 9.18 Å². The molecule has 0 spiro atoms. The number of hydrogen-bond donors (Lipinski definition) is 1. The molecule has 1 N–H and O–H groups in total. The van der Waals surface area contributed by atoms with Gasteiger partial charge in [0.25, 0.3) is 0 Å². The van der Waals surface area contributed by atoms with Crippen LogP contribution in [0.4, 0.5) is 17.6 Å². The maximum absolute atomic E-state index is 15.3. The third-order valence-electron chi connectivity index (χ3n) is 14.0. The zero-order valence-corrected chi connectivity index (χ0v) is 37.4. The number of aromatic nitrogens is 1. The molecule has 4 heterocycles. The lowest BCUT2D eigenvalue weighted by Gasteiger charge is -2.34. The monoisotopic (exact) mass is 907 g/mol. The number of ketones is 1. The Balaban J connectivity index is 1.27. The SMILES string of the molecule is CC[C@@H]1C[C@H](C)CC/C=C\[C@@H]2C[C@@]2(C(=O)NS(=O)(=O)C2(C)CC2)CC(=O)[C@@H]2C[C@@H](Oc3nc4c(c5cc(OC)c(F)cc35)CCCO4)CN2C(=O)[C@H]1CC(=O)OC(C)(C)C(F)(F)F. The number of rotatable bonds is 10. The van der Waals surface area contributed by atoms with Crippen LogP contribution < -0.4 is 18.9 Å². The lowest BCUT2D eigenvalue weighted by atomic mass is 9.79. The van der Waals surface area contributed by atoms with Crippen molar-refractivity contribution in [3.8, 4) is 17.5 Å². The van der Waals surface area contributed by atoms with E-state index in [2.05, 4.69) is 9.71 Å². The standard InChI is InChI=1S/C45H57F4N3O10S/c1-7-26-17-25(2)11-8-9-12-27-22-44(27,41(56)51-63(57,58)43(5)14-15-43)23-35(53)34-18-28(24-52(34)40(55)30(26)21-37(54)62-42(3,4)45(47,48)49)61-39-32-19-33(46)36(59-6)20-31(32)29-13-10-16-60-38(29)50-39/h9,12,19-20,25-28,30,34H,7-8,10-11,13-18,21-24H2,1-6H3,(H,51,56)/b12-9-/t25-,26-,27-,28-,30+,34+,44-/m1/s1. The van der Waals surface area contributed by atoms with Crippen molar-refractivity contribution in [2.45, 2.75) is 140 Å². The van der Waals surface area contributed by atoms with E-state index < -0.39 is 104 Å². The number of amides is 2. The lowest BCUT2D eigenvalue weighted by molar-refractivity contribution is -0.257. The highest BCUT2D eigenvalue weighted by Gasteiger charge is 2.63. The van der Waals surface area contributed by atoms with Crippen LogP contribution in [-0.4, -0.2) is 90.8 Å². The summed E-state index contributed by atoms with van der Waals surface area (Å²) >= 11 is 0. The molecule has 2 aromatic rings. The van der Waals surface area contributed by atoms with E-state index in [1.807, 2.05) is 26.0 Å². The van der Waals surface area contributed by atoms with E-state index in [4.69, 9.17) is 18.9 Å². The maximum atomic E-state index is 15.3. The first-order valence-electron chi connectivity index (χ1n) is 21.9. The molecule has 2 amide bonds. The molecular weight excluding hydrogens is 851 g/mol. The first kappa shape index (κ1) is 46.5. The quantitative estimate of drug-likeness (QED) is 0.144. The number of methoxy groups -OCH3 is 1. The number of carbonyl (C=O) groups excluding carboxylic acids is 4. The van der Waals surface area contributed by atoms with Gasteiger partial charge in [0.1, 0.15) is 6.10 Å². The van der Waals surface area contributed by atoms with Crippen LogP contribution in [0.15, 0.2) is 24.3 Å². The Bertz CT molecular complexity index is 2300. The van der Waals surface area contributed by atoms with Crippen LogP contribution in [-0.2, 0) is 40.4 Å². The maximum Gasteiger partial charge on any atom is 0.427 e. The van der Waals surface area contributed by atoms with E-state index in [9.17, 15) is 36.0 Å². The fourth-order valence-electron chi connectivity index (χ4n) is 9.40. The summed E-state index contributed by atoms with van der Waals surface area (Å²) in [6, 6.07) is 1.49. The third kappa shape index (κ3) is 9.24. The van der Waals surface area contributed by atoms with Crippen molar-refractivity contribution in [1.29, 1.82) is 0 Å². The molecule has 5 aliphatic rings. The number of benzene rings is 1. The van der Waals surface area contributed by atoms with Gasteiger partial charge < -0.3 is 23.8 Å². The van der Waals surface area contributed by atoms with Gasteiger partial charge in [0.15, 0.2) is 17.3 Å². The van der Waals surface area contributed by atoms with Gasteiger partial charge in [0.05, 0.1) is 48.8 Å². The number of carbonyl (C=O) groups is 4. The van der Waals surface area contributed by atoms with Crippen LogP contribution in [0.3, 0.4) is 0 Å². The minimum Gasteiger partial charge on any atom is -0.494 e. The molecule has 0 radical (unpaired) electrons. The number of allylic oxidation sites excluding steroid dienone is 2. The molecule has 63 heavy (non-hydrogen) atoms. The number of aryl methyl sites for hydroxylation is 1. The first-order chi connectivity index (χ1) is 29.5. The summed E-state index contributed by atoms with van der Waals surface area (Å²) in [5, 5.41) is 0.866. The minimum atomic E-state index is -4.90. The number of sulfonamides is 1. The predicted octanol–water partition coefficient (Wildman–Crippen LogP) is 7.31. The van der Waals surface area contributed by atoms with Gasteiger partial charge in [0, 0.05) is 23.8 Å². The smallest absolute Gasteiger partial charge is 0.427 e. The molecule has 0 unspecified atom stereocenters. The summed E-state index contributed by atoms with van der Waals surface area (Å²) in [5.74, 6) is -5.94. The zero-order valence-electron chi connectivity index (χ0n) is 36.6. The van der Waals surface area contributed by atoms with Gasteiger partial charge in [-0.15, -0.1) is 0 Å². The Morgan fingerprint density at radius 1 is 1.11 bits per heavy atom. The number of nitrogens with zero attached hydrogens (tertiary/aromatic N) is 2. The van der Waals surface area contributed by atoms with Crippen molar-refractivity contribution in [2.24, 2.45) is 29.1 Å². The topological polar surface area (TPSA) is 168 Å². The Kier molecular flexibility index (Phi) is 12.7. The second-order valence-electron chi connectivity index (χ2n) is 19.0. The Morgan fingerprint density at radius 3 is 2.51 bits per heavy atom. The molecule has 13 nitrogen and oxygen atoms in total. The minimum absolute atomic E-state index is 0.0106. The van der Waals surface area contributed by atoms with Crippen molar-refractivity contribution < 1.29 is 64.1 Å². The van der Waals surface area contributed by atoms with Crippen molar-refractivity contribution >= 4 is 44.4 Å². The Morgan fingerprint density at radius 2 is 1.84 bits per heavy atom. The summed E-state index contributed by atoms with van der Waals surface area (Å²) in [7, 11) is -2.73. The molecule has 18 heteroatoms. The molecule has 3 aliphatic heterocycles. The number of esters is 1. The summed E-state index contributed by atoms with van der Waals surface area (Å²) in [6.45, 7) is 6.94. The van der Waals surface area contributed by atoms with E-state index in [0.29, 0.717) is 68.7 Å². The molecule has 3 fully saturated rings. The number of Topliss-reactive ketones (excluding diaryl/α,β-unsaturated/α-hetero) is 1. The van der Waals surface area contributed by atoms with Gasteiger partial charge in [-0.2, -0.15) is 18.2 Å². The number of ether oxygens (including phenoxy) is 4. The first-order valence-corrected chi connectivity index (χ1v) is 23.4. The van der Waals surface area contributed by atoms with Gasteiger partial charge in [-0.1, -0.05) is 32.4 Å². The molecular formula is C45H57F4N3O10S. The van der Waals surface area contributed by atoms with Crippen LogP contribution in [0.1, 0.15) is 111 Å².